The zero-order chi connectivity index (χ0) is 21.6. The second kappa shape index (κ2) is 7.75. The first-order valence-corrected chi connectivity index (χ1v) is 10.2. The molecule has 4 rings (SSSR count). The van der Waals surface area contributed by atoms with Crippen molar-refractivity contribution in [3.63, 3.8) is 0 Å². The Balaban J connectivity index is 1.64. The lowest BCUT2D eigenvalue weighted by molar-refractivity contribution is 0.0383. The van der Waals surface area contributed by atoms with Gasteiger partial charge in [0.2, 0.25) is 5.43 Å². The third kappa shape index (κ3) is 3.35. The SMILES string of the molecule is C[C@H]1CCCN2C(=O)c3c(O)c(=O)c(C(=O)NCc4cccc(Cl)c4F)cn3C[C@@H]12. The lowest BCUT2D eigenvalue weighted by Crippen LogP contribution is -2.54. The van der Waals surface area contributed by atoms with Crippen LogP contribution in [0.3, 0.4) is 0 Å². The van der Waals surface area contributed by atoms with Gasteiger partial charge in [-0.1, -0.05) is 30.7 Å². The van der Waals surface area contributed by atoms with Gasteiger partial charge in [-0.3, -0.25) is 14.4 Å². The molecule has 2 N–H and O–H groups in total. The topological polar surface area (TPSA) is 91.6 Å². The average Bonchev–Trinajstić information content (AvgIpc) is 2.72. The maximum absolute atomic E-state index is 14.0. The Hall–Kier alpha value is -2.87. The number of hydrogen-bond donors (Lipinski definition) is 2. The number of benzene rings is 1. The number of carbonyl (C=O) groups excluding carboxylic acids is 2. The second-order valence-electron chi connectivity index (χ2n) is 7.80. The van der Waals surface area contributed by atoms with Crippen molar-refractivity contribution in [1.82, 2.24) is 14.8 Å². The molecule has 3 heterocycles. The summed E-state index contributed by atoms with van der Waals surface area (Å²) in [7, 11) is 0. The van der Waals surface area contributed by atoms with Crippen LogP contribution in [0.4, 0.5) is 4.39 Å². The van der Waals surface area contributed by atoms with Gasteiger partial charge in [-0.15, -0.1) is 0 Å². The summed E-state index contributed by atoms with van der Waals surface area (Å²) in [5.41, 5.74) is -1.16. The van der Waals surface area contributed by atoms with Crippen molar-refractivity contribution in [2.45, 2.75) is 38.9 Å². The van der Waals surface area contributed by atoms with Crippen molar-refractivity contribution in [2.75, 3.05) is 6.54 Å². The molecular formula is C21H21ClFN3O4. The van der Waals surface area contributed by atoms with Crippen LogP contribution in [0, 0.1) is 11.7 Å². The molecule has 2 aromatic rings. The number of piperidine rings is 1. The summed E-state index contributed by atoms with van der Waals surface area (Å²) in [4.78, 5) is 39.8. The second-order valence-corrected chi connectivity index (χ2v) is 8.21. The summed E-state index contributed by atoms with van der Waals surface area (Å²) in [6.45, 7) is 2.85. The fourth-order valence-electron chi connectivity index (χ4n) is 4.25. The van der Waals surface area contributed by atoms with Crippen LogP contribution in [-0.2, 0) is 13.1 Å². The maximum atomic E-state index is 14.0. The van der Waals surface area contributed by atoms with E-state index in [0.29, 0.717) is 13.1 Å². The first-order chi connectivity index (χ1) is 14.3. The van der Waals surface area contributed by atoms with E-state index in [1.54, 1.807) is 11.0 Å². The molecule has 2 atom stereocenters. The Kier molecular flexibility index (Phi) is 5.27. The average molecular weight is 434 g/mol. The Morgan fingerprint density at radius 3 is 2.90 bits per heavy atom. The number of amides is 2. The molecule has 1 fully saturated rings. The molecular weight excluding hydrogens is 413 g/mol. The highest BCUT2D eigenvalue weighted by atomic mass is 35.5. The molecule has 7 nitrogen and oxygen atoms in total. The zero-order valence-corrected chi connectivity index (χ0v) is 17.1. The minimum atomic E-state index is -0.929. The number of aromatic nitrogens is 1. The van der Waals surface area contributed by atoms with E-state index >= 15 is 0 Å². The van der Waals surface area contributed by atoms with Crippen molar-refractivity contribution >= 4 is 23.4 Å². The molecule has 2 aliphatic rings. The third-order valence-electron chi connectivity index (χ3n) is 5.93. The van der Waals surface area contributed by atoms with Gasteiger partial charge >= 0.3 is 0 Å². The molecule has 0 radical (unpaired) electrons. The standard InChI is InChI=1S/C21H21ClFN3O4/c1-11-4-3-7-26-15(11)10-25-9-13(18(27)19(28)17(25)21(26)30)20(29)24-8-12-5-2-6-14(22)16(12)23/h2,5-6,9,11,15,28H,3-4,7-8,10H2,1H3,(H,24,29)/t11-,15-/m0/s1. The van der Waals surface area contributed by atoms with Crippen molar-refractivity contribution in [3.8, 4) is 5.75 Å². The van der Waals surface area contributed by atoms with Crippen molar-refractivity contribution in [3.05, 3.63) is 62.3 Å². The van der Waals surface area contributed by atoms with Gasteiger partial charge < -0.3 is 19.9 Å². The summed E-state index contributed by atoms with van der Waals surface area (Å²) in [5.74, 6) is -2.29. The Morgan fingerprint density at radius 2 is 2.13 bits per heavy atom. The molecule has 2 amide bonds. The summed E-state index contributed by atoms with van der Waals surface area (Å²) < 4.78 is 15.5. The minimum Gasteiger partial charge on any atom is -0.503 e. The van der Waals surface area contributed by atoms with Crippen molar-refractivity contribution in [2.24, 2.45) is 5.92 Å². The molecule has 9 heteroatoms. The Bertz CT molecular complexity index is 1100. The van der Waals surface area contributed by atoms with Crippen LogP contribution in [0.25, 0.3) is 0 Å². The van der Waals surface area contributed by atoms with E-state index in [1.807, 2.05) is 0 Å². The van der Waals surface area contributed by atoms with E-state index in [4.69, 9.17) is 11.6 Å². The number of fused-ring (bicyclic) bond motifs is 2. The molecule has 0 saturated carbocycles. The van der Waals surface area contributed by atoms with Crippen LogP contribution in [0.2, 0.25) is 5.02 Å². The van der Waals surface area contributed by atoms with Crippen LogP contribution in [-0.4, -0.2) is 39.0 Å². The molecule has 1 aromatic heterocycles. The monoisotopic (exact) mass is 433 g/mol. The van der Waals surface area contributed by atoms with Crippen molar-refractivity contribution < 1.29 is 19.1 Å². The smallest absolute Gasteiger partial charge is 0.274 e. The molecule has 0 spiro atoms. The first kappa shape index (κ1) is 20.4. The molecule has 0 bridgehead atoms. The van der Waals surface area contributed by atoms with Crippen molar-refractivity contribution in [1.29, 1.82) is 0 Å². The summed E-state index contributed by atoms with van der Waals surface area (Å²) >= 11 is 5.74. The molecule has 1 saturated heterocycles. The Labute approximate surface area is 177 Å². The molecule has 30 heavy (non-hydrogen) atoms. The van der Waals surface area contributed by atoms with Gasteiger partial charge in [-0.05, 0) is 24.8 Å². The van der Waals surface area contributed by atoms with E-state index in [-0.39, 0.29) is 40.3 Å². The number of aromatic hydroxyl groups is 1. The number of nitrogens with zero attached hydrogens (tertiary/aromatic N) is 2. The van der Waals surface area contributed by atoms with Gasteiger partial charge in [0, 0.05) is 31.4 Å². The van der Waals surface area contributed by atoms with Crippen LogP contribution in [0.15, 0.2) is 29.2 Å². The largest absolute Gasteiger partial charge is 0.503 e. The predicted octanol–water partition coefficient (Wildman–Crippen LogP) is 2.53. The van der Waals surface area contributed by atoms with Gasteiger partial charge in [0.15, 0.2) is 11.4 Å². The third-order valence-corrected chi connectivity index (χ3v) is 6.23. The first-order valence-electron chi connectivity index (χ1n) is 9.78. The highest BCUT2D eigenvalue weighted by Crippen LogP contribution is 2.32. The fraction of sp³-hybridized carbons (Fsp3) is 0.381. The molecule has 0 aliphatic carbocycles. The minimum absolute atomic E-state index is 0.0582. The lowest BCUT2D eigenvalue weighted by Gasteiger charge is -2.44. The molecule has 158 valence electrons. The number of carbonyl (C=O) groups is 2. The summed E-state index contributed by atoms with van der Waals surface area (Å²) in [5, 5.41) is 12.8. The molecule has 1 aromatic carbocycles. The van der Waals surface area contributed by atoms with Gasteiger partial charge in [-0.2, -0.15) is 0 Å². The predicted molar refractivity (Wildman–Crippen MR) is 108 cm³/mol. The van der Waals surface area contributed by atoms with E-state index in [2.05, 4.69) is 12.2 Å². The number of hydrogen-bond acceptors (Lipinski definition) is 4. The number of pyridine rings is 1. The van der Waals surface area contributed by atoms with Gasteiger partial charge in [0.1, 0.15) is 11.4 Å². The summed E-state index contributed by atoms with van der Waals surface area (Å²) in [6.07, 6.45) is 3.15. The van der Waals surface area contributed by atoms with E-state index in [9.17, 15) is 23.9 Å². The van der Waals surface area contributed by atoms with E-state index in [1.165, 1.54) is 22.9 Å². The van der Waals surface area contributed by atoms with Gasteiger partial charge in [0.05, 0.1) is 11.1 Å². The number of nitrogens with one attached hydrogen (secondary N) is 1. The maximum Gasteiger partial charge on any atom is 0.274 e. The molecule has 0 unspecified atom stereocenters. The number of halogens is 2. The lowest BCUT2D eigenvalue weighted by atomic mass is 9.88. The van der Waals surface area contributed by atoms with Crippen LogP contribution in [0.1, 0.15) is 46.2 Å². The van der Waals surface area contributed by atoms with E-state index < -0.39 is 28.8 Å². The van der Waals surface area contributed by atoms with Crippen LogP contribution in [0.5, 0.6) is 5.75 Å². The summed E-state index contributed by atoms with van der Waals surface area (Å²) in [6, 6.07) is 4.35. The number of rotatable bonds is 3. The van der Waals surface area contributed by atoms with Gasteiger partial charge in [-0.25, -0.2) is 4.39 Å². The van der Waals surface area contributed by atoms with E-state index in [0.717, 1.165) is 12.8 Å². The zero-order valence-electron chi connectivity index (χ0n) is 16.3. The highest BCUT2D eigenvalue weighted by Gasteiger charge is 2.40. The fourth-order valence-corrected chi connectivity index (χ4v) is 4.45. The Morgan fingerprint density at radius 1 is 1.37 bits per heavy atom. The van der Waals surface area contributed by atoms with Crippen LogP contribution < -0.4 is 10.7 Å². The highest BCUT2D eigenvalue weighted by molar-refractivity contribution is 6.30. The van der Waals surface area contributed by atoms with Crippen LogP contribution >= 0.6 is 11.6 Å². The quantitative estimate of drug-likeness (QED) is 0.778. The van der Waals surface area contributed by atoms with Gasteiger partial charge in [0.25, 0.3) is 11.8 Å². The normalized spacial score (nSPS) is 20.5. The molecule has 2 aliphatic heterocycles.